The van der Waals surface area contributed by atoms with Gasteiger partial charge in [-0.25, -0.2) is 19.2 Å². The number of piperazine rings is 1. The van der Waals surface area contributed by atoms with Crippen LogP contribution in [0.3, 0.4) is 0 Å². The van der Waals surface area contributed by atoms with Crippen molar-refractivity contribution >= 4 is 200 Å². The molecule has 3 aliphatic rings. The van der Waals surface area contributed by atoms with Crippen LogP contribution in [0.25, 0.3) is 97.3 Å². The summed E-state index contributed by atoms with van der Waals surface area (Å²) < 4.78 is 21.5. The second kappa shape index (κ2) is 42.7. The third kappa shape index (κ3) is 21.5. The summed E-state index contributed by atoms with van der Waals surface area (Å²) in [5.74, 6) is -1.25. The minimum Gasteiger partial charge on any atom is -0.465 e. The number of anilines is 6. The van der Waals surface area contributed by atoms with Gasteiger partial charge >= 0.3 is 23.9 Å². The third-order valence-electron chi connectivity index (χ3n) is 24.8. The van der Waals surface area contributed by atoms with Crippen LogP contribution in [-0.4, -0.2) is 90.4 Å². The summed E-state index contributed by atoms with van der Waals surface area (Å²) in [6.07, 6.45) is 0.835. The summed E-state index contributed by atoms with van der Waals surface area (Å²) in [5, 5.41) is 25.4. The number of nitrogens with two attached hydrogens (primary N) is 1. The topological polar surface area (TPSA) is 162 Å². The molecule has 0 saturated carbocycles. The van der Waals surface area contributed by atoms with Gasteiger partial charge in [0, 0.05) is 74.3 Å². The molecule has 0 unspecified atom stereocenters. The Labute approximate surface area is 806 Å². The number of methoxy groups -OCH3 is 4. The summed E-state index contributed by atoms with van der Waals surface area (Å²) in [5.41, 5.74) is 26.3. The Hall–Kier alpha value is -14.0. The lowest BCUT2D eigenvalue weighted by atomic mass is 9.71. The molecule has 18 aromatic rings. The van der Waals surface area contributed by atoms with Crippen LogP contribution in [0.4, 0.5) is 34.1 Å². The van der Waals surface area contributed by atoms with Crippen molar-refractivity contribution in [1.29, 1.82) is 0 Å². The lowest BCUT2D eigenvalue weighted by Crippen LogP contribution is -2.40. The molecule has 18 aromatic carbocycles. The summed E-state index contributed by atoms with van der Waals surface area (Å²) >= 11 is 6.71. The number of nitrogen functional groups attached to an aromatic ring is 1. The largest absolute Gasteiger partial charge is 0.465 e. The van der Waals surface area contributed by atoms with Crippen LogP contribution in [0.2, 0.25) is 0 Å². The molecule has 21 rings (SSSR count). The molecule has 1 saturated heterocycles. The normalized spacial score (nSPS) is 12.8. The number of ether oxygens (including phenoxy) is 4. The third-order valence-corrected chi connectivity index (χ3v) is 25.8. The van der Waals surface area contributed by atoms with Crippen LogP contribution in [0.5, 0.6) is 0 Å². The molecule has 3 heterocycles. The van der Waals surface area contributed by atoms with Crippen LogP contribution in [0.1, 0.15) is 127 Å². The molecule has 0 aromatic heterocycles. The molecule has 1 fully saturated rings. The summed E-state index contributed by atoms with van der Waals surface area (Å²) in [7, 11) is 7.77. The predicted molar refractivity (Wildman–Crippen MR) is 569 cm³/mol. The highest BCUT2D eigenvalue weighted by Gasteiger charge is 2.39. The van der Waals surface area contributed by atoms with E-state index in [1.165, 1.54) is 129 Å². The number of fused-ring (bicyclic) bond motifs is 14. The first-order valence-corrected chi connectivity index (χ1v) is 45.9. The molecular formula is C118H108Br2ClN5O8. The number of hydrogen-bond donors (Lipinski definition) is 3. The van der Waals surface area contributed by atoms with Crippen LogP contribution in [0.15, 0.2) is 362 Å². The van der Waals surface area contributed by atoms with Crippen molar-refractivity contribution < 1.29 is 38.1 Å². The van der Waals surface area contributed by atoms with Crippen molar-refractivity contribution in [1.82, 2.24) is 10.2 Å². The number of carbonyl (C=O) groups is 4. The van der Waals surface area contributed by atoms with Crippen LogP contribution >= 0.6 is 44.3 Å². The van der Waals surface area contributed by atoms with Gasteiger partial charge in [0.15, 0.2) is 0 Å². The fraction of sp³-hybridized carbons (Fsp3) is 0.153. The SMILES string of the molecule is Brc1ccccc1.C=C(C)c1cc2ccccc2cc1Cc1ccc2cc(C(=O)OC)ccc2c1.C=C(C)c1cc2ccccc2cc1N.CN1CCNCC1.COC(=O)c1ccc2c3c(ccc2c1)N(c1ccccc1)c1cc2ccccc2cc1C3(C)C.COC(=O)c1ccc2c3c(ccc2c1)Nc1cc2ccccc2cc1C3(C)C.COC(=O)c1ccc2cc(Br)ccc2c1.Cl. The fourth-order valence-electron chi connectivity index (χ4n) is 17.9. The number of likely N-dealkylation sites (N-methyl/N-ethyl adjacent to an activating group) is 1. The monoisotopic (exact) mass is 1920 g/mol. The minimum atomic E-state index is -0.318. The van der Waals surface area contributed by atoms with Gasteiger partial charge in [0.25, 0.3) is 0 Å². The minimum absolute atomic E-state index is 0. The Morgan fingerprint density at radius 3 is 1.25 bits per heavy atom. The van der Waals surface area contributed by atoms with Crippen LogP contribution < -0.4 is 21.3 Å². The Kier molecular flexibility index (Phi) is 30.6. The smallest absolute Gasteiger partial charge is 0.337 e. The van der Waals surface area contributed by atoms with E-state index in [0.29, 0.717) is 22.3 Å². The van der Waals surface area contributed by atoms with Gasteiger partial charge in [0.1, 0.15) is 0 Å². The van der Waals surface area contributed by atoms with E-state index in [1.54, 1.807) is 6.07 Å². The molecule has 0 atom stereocenters. The van der Waals surface area contributed by atoms with Crippen molar-refractivity contribution in [2.45, 2.75) is 58.8 Å². The zero-order valence-electron chi connectivity index (χ0n) is 77.2. The van der Waals surface area contributed by atoms with Gasteiger partial charge in [0.05, 0.1) is 62.1 Å². The zero-order valence-corrected chi connectivity index (χ0v) is 81.2. The highest BCUT2D eigenvalue weighted by atomic mass is 79.9. The highest BCUT2D eigenvalue weighted by Crippen LogP contribution is 2.56. The Morgan fingerprint density at radius 2 is 0.761 bits per heavy atom. The first-order valence-electron chi connectivity index (χ1n) is 44.3. The molecule has 0 aliphatic carbocycles. The standard InChI is InChI=1S/C31H25NO2.C26H22O2.C25H21NO2.C13H13N.C12H9BrO2.C6H5Br.C5H12N2.ClH/c1-31(2)26-18-20-9-7-8-10-21(20)19-28(26)32(24-11-5-4-6-12-24)27-16-14-22-17-23(30(33)34-3)13-15-25(22)29(27)31;1-17(2)25-16-20-7-5-4-6-19(20)15-24(25)13-18-8-9-22-14-23(26(27)28-3)11-10-21(22)12-18;1-25(2)20-13-15-6-4-5-7-16(15)14-22(20)26-21-11-9-17-12-18(24(27)28-3)8-10-19(17)23(21)25;1-9(2)12-7-10-5-3-4-6-11(10)8-13(12)14;1-15-12(14)10-3-2-9-7-11(13)5-4-8(9)6-10;7-6-4-2-1-3-5-6;1-7-4-2-6-3-5-7;/h4-19H,1-3H3;4-12,14-16H,1,13H2,2-3H3;4-14,26H,1-3H3;3-8H,1,14H2,2H3;2-7H,1H3;1-5H;6H,2-5H2,1H3;1H. The van der Waals surface area contributed by atoms with Crippen molar-refractivity contribution in [2.24, 2.45) is 0 Å². The molecule has 3 aliphatic heterocycles. The average Bonchev–Trinajstić information content (AvgIpc) is 0.703. The van der Waals surface area contributed by atoms with E-state index in [4.69, 9.17) is 19.9 Å². The van der Waals surface area contributed by atoms with E-state index in [9.17, 15) is 19.2 Å². The number of nitrogens with zero attached hydrogens (tertiary/aromatic N) is 2. The molecule has 0 radical (unpaired) electrons. The van der Waals surface area contributed by atoms with Gasteiger partial charge in [0.2, 0.25) is 0 Å². The summed E-state index contributed by atoms with van der Waals surface area (Å²) in [6, 6.07) is 115. The Balaban J connectivity index is 0.000000133. The number of halogens is 3. The lowest BCUT2D eigenvalue weighted by molar-refractivity contribution is 0.0592. The first-order chi connectivity index (χ1) is 64.2. The van der Waals surface area contributed by atoms with Gasteiger partial charge in [-0.15, -0.1) is 12.4 Å². The maximum atomic E-state index is 12.2. The highest BCUT2D eigenvalue weighted by molar-refractivity contribution is 9.10. The van der Waals surface area contributed by atoms with E-state index < -0.39 is 0 Å². The number of hydrogen-bond acceptors (Lipinski definition) is 13. The van der Waals surface area contributed by atoms with Crippen LogP contribution in [0, 0.1) is 0 Å². The fourth-order valence-corrected chi connectivity index (χ4v) is 18.6. The van der Waals surface area contributed by atoms with E-state index in [0.717, 1.165) is 117 Å². The van der Waals surface area contributed by atoms with Crippen LogP contribution in [-0.2, 0) is 36.2 Å². The van der Waals surface area contributed by atoms with Gasteiger partial charge in [-0.1, -0.05) is 278 Å². The number of benzene rings is 18. The number of esters is 4. The van der Waals surface area contributed by atoms with Crippen molar-refractivity contribution in [3.05, 3.63) is 429 Å². The van der Waals surface area contributed by atoms with E-state index in [1.807, 2.05) is 140 Å². The van der Waals surface area contributed by atoms with Crippen molar-refractivity contribution in [2.75, 3.05) is 77.6 Å². The molecule has 4 N–H and O–H groups in total. The molecule has 0 amide bonds. The Bertz CT molecular complexity index is 7480. The van der Waals surface area contributed by atoms with Gasteiger partial charge in [-0.3, -0.25) is 0 Å². The Morgan fingerprint density at radius 1 is 0.373 bits per heavy atom. The maximum Gasteiger partial charge on any atom is 0.337 e. The molecular weight excluding hydrogens is 1810 g/mol. The van der Waals surface area contributed by atoms with Gasteiger partial charge in [-0.05, 0) is 298 Å². The zero-order chi connectivity index (χ0) is 93.8. The van der Waals surface area contributed by atoms with Gasteiger partial charge < -0.3 is 45.1 Å². The lowest BCUT2D eigenvalue weighted by Gasteiger charge is -2.43. The molecule has 16 heteroatoms. The van der Waals surface area contributed by atoms with E-state index in [-0.39, 0.29) is 47.1 Å². The first kappa shape index (κ1) is 96.0. The number of nitrogens with one attached hydrogen (secondary N) is 2. The number of rotatable bonds is 9. The quantitative estimate of drug-likeness (QED) is 0.0712. The summed E-state index contributed by atoms with van der Waals surface area (Å²) in [4.78, 5) is 51.8. The molecule has 674 valence electrons. The van der Waals surface area contributed by atoms with Gasteiger partial charge in [-0.2, -0.15) is 0 Å². The molecule has 0 bridgehead atoms. The van der Waals surface area contributed by atoms with E-state index in [2.05, 4.69) is 312 Å². The predicted octanol–water partition coefficient (Wildman–Crippen LogP) is 29.7. The maximum absolute atomic E-state index is 12.2. The number of allylic oxidation sites excluding steroid dienone is 2. The average molecular weight is 1920 g/mol. The number of carbonyl (C=O) groups excluding carboxylic acids is 4. The summed E-state index contributed by atoms with van der Waals surface area (Å²) in [6.45, 7) is 26.0. The second-order valence-corrected chi connectivity index (χ2v) is 36.5. The number of para-hydroxylation sites is 1. The molecule has 13 nitrogen and oxygen atoms in total. The molecule has 134 heavy (non-hydrogen) atoms. The second-order valence-electron chi connectivity index (χ2n) is 34.6. The van der Waals surface area contributed by atoms with Crippen molar-refractivity contribution in [3.63, 3.8) is 0 Å². The van der Waals surface area contributed by atoms with E-state index >= 15 is 0 Å². The van der Waals surface area contributed by atoms with Crippen molar-refractivity contribution in [3.8, 4) is 0 Å². The molecule has 0 spiro atoms.